The van der Waals surface area contributed by atoms with Crippen molar-refractivity contribution in [1.82, 2.24) is 4.90 Å². The van der Waals surface area contributed by atoms with E-state index in [0.717, 1.165) is 49.5 Å². The molecule has 3 fully saturated rings. The quantitative estimate of drug-likeness (QED) is 0.520. The fourth-order valence-electron chi connectivity index (χ4n) is 6.33. The summed E-state index contributed by atoms with van der Waals surface area (Å²) in [5.74, 6) is 0.386. The molecule has 1 saturated heterocycles. The average molecular weight is 536 g/mol. The number of fused-ring (bicyclic) bond motifs is 1. The van der Waals surface area contributed by atoms with E-state index in [1.807, 2.05) is 18.2 Å². The number of halogens is 1. The molecule has 3 aliphatic rings. The van der Waals surface area contributed by atoms with Gasteiger partial charge in [0, 0.05) is 50.1 Å². The summed E-state index contributed by atoms with van der Waals surface area (Å²) in [5.41, 5.74) is 2.45. The zero-order valence-electron chi connectivity index (χ0n) is 22.0. The van der Waals surface area contributed by atoms with Crippen LogP contribution in [0, 0.1) is 29.0 Å². The number of carbonyl (C=O) groups is 2. The number of rotatable bonds is 6. The van der Waals surface area contributed by atoms with Gasteiger partial charge in [-0.05, 0) is 79.3 Å². The van der Waals surface area contributed by atoms with Gasteiger partial charge >= 0.3 is 11.9 Å². The lowest BCUT2D eigenvalue weighted by Gasteiger charge is -2.39. The van der Waals surface area contributed by atoms with Gasteiger partial charge in [0.05, 0.1) is 12.7 Å². The Bertz CT molecular complexity index is 1220. The second-order valence-corrected chi connectivity index (χ2v) is 10.4. The van der Waals surface area contributed by atoms with Crippen molar-refractivity contribution in [2.24, 2.45) is 11.8 Å². The average Bonchev–Trinajstić information content (AvgIpc) is 3.52. The number of benzene rings is 2. The highest BCUT2D eigenvalue weighted by Gasteiger charge is 2.44. The minimum Gasteiger partial charge on any atom is -0.497 e. The van der Waals surface area contributed by atoms with Crippen LogP contribution in [-0.4, -0.2) is 66.4 Å². The standard InChI is InChI=1S/C26H30FN3O.C4H4O4/c1-31-25-4-2-3-18(15-25)20-11-21-13-24(14-22(21)12-20)30-9-7-29(8-10-30)23-6-5-19(17-28)26(27)16-23;5-3(6)1-2-4(7)8/h2-6,15-16,20-22,24H,7-14H2,1H3;1-2H,(H,5,6)(H,7,8)/b;2-1+. The van der Waals surface area contributed by atoms with Gasteiger partial charge in [-0.25, -0.2) is 14.0 Å². The highest BCUT2D eigenvalue weighted by Crippen LogP contribution is 2.51. The molecule has 5 rings (SSSR count). The largest absolute Gasteiger partial charge is 0.497 e. The molecule has 0 amide bonds. The molecule has 2 saturated carbocycles. The smallest absolute Gasteiger partial charge is 0.328 e. The van der Waals surface area contributed by atoms with Gasteiger partial charge in [-0.2, -0.15) is 5.26 Å². The van der Waals surface area contributed by atoms with Crippen molar-refractivity contribution in [3.8, 4) is 11.8 Å². The maximum Gasteiger partial charge on any atom is 0.328 e. The van der Waals surface area contributed by atoms with Crippen LogP contribution in [0.25, 0.3) is 0 Å². The van der Waals surface area contributed by atoms with Gasteiger partial charge in [0.2, 0.25) is 0 Å². The third-order valence-corrected chi connectivity index (χ3v) is 8.19. The topological polar surface area (TPSA) is 114 Å². The molecular weight excluding hydrogens is 501 g/mol. The molecule has 2 unspecified atom stereocenters. The SMILES string of the molecule is COc1cccc(C2CC3CC(N4CCN(c5ccc(C#N)c(F)c5)CC4)CC3C2)c1.O=C(O)/C=C/C(=O)O. The van der Waals surface area contributed by atoms with Gasteiger partial charge in [-0.1, -0.05) is 12.1 Å². The van der Waals surface area contributed by atoms with Crippen molar-refractivity contribution in [3.63, 3.8) is 0 Å². The lowest BCUT2D eigenvalue weighted by Crippen LogP contribution is -2.50. The molecule has 0 aromatic heterocycles. The van der Waals surface area contributed by atoms with Crippen molar-refractivity contribution in [2.75, 3.05) is 38.2 Å². The summed E-state index contributed by atoms with van der Waals surface area (Å²) in [4.78, 5) is 24.0. The monoisotopic (exact) mass is 535 g/mol. The van der Waals surface area contributed by atoms with Crippen LogP contribution in [0.1, 0.15) is 42.7 Å². The van der Waals surface area contributed by atoms with E-state index in [-0.39, 0.29) is 5.56 Å². The van der Waals surface area contributed by atoms with Crippen LogP contribution in [0.2, 0.25) is 0 Å². The summed E-state index contributed by atoms with van der Waals surface area (Å²) in [6.45, 7) is 3.91. The predicted octanol–water partition coefficient (Wildman–Crippen LogP) is 4.51. The third-order valence-electron chi connectivity index (χ3n) is 8.19. The van der Waals surface area contributed by atoms with E-state index in [1.54, 1.807) is 13.2 Å². The lowest BCUT2D eigenvalue weighted by molar-refractivity contribution is -0.134. The number of anilines is 1. The number of aliphatic carboxylic acids is 2. The number of nitrogens with zero attached hydrogens (tertiary/aromatic N) is 3. The fourth-order valence-corrected chi connectivity index (χ4v) is 6.33. The number of piperazine rings is 1. The van der Waals surface area contributed by atoms with Crippen molar-refractivity contribution in [3.05, 3.63) is 71.6 Å². The molecule has 2 aromatic carbocycles. The van der Waals surface area contributed by atoms with Gasteiger partial charge in [-0.3, -0.25) is 4.90 Å². The van der Waals surface area contributed by atoms with E-state index in [4.69, 9.17) is 20.2 Å². The van der Waals surface area contributed by atoms with E-state index in [1.165, 1.54) is 37.3 Å². The van der Waals surface area contributed by atoms with E-state index in [2.05, 4.69) is 28.0 Å². The summed E-state index contributed by atoms with van der Waals surface area (Å²) in [5, 5.41) is 24.6. The maximum atomic E-state index is 14.0. The minimum atomic E-state index is -1.26. The Morgan fingerprint density at radius 3 is 2.15 bits per heavy atom. The molecule has 0 radical (unpaired) electrons. The first-order valence-electron chi connectivity index (χ1n) is 13.2. The molecule has 0 bridgehead atoms. The van der Waals surface area contributed by atoms with Crippen LogP contribution in [0.5, 0.6) is 5.75 Å². The number of hydrogen-bond acceptors (Lipinski definition) is 6. The molecule has 2 N–H and O–H groups in total. The van der Waals surface area contributed by atoms with E-state index in [9.17, 15) is 14.0 Å². The van der Waals surface area contributed by atoms with Crippen LogP contribution in [0.15, 0.2) is 54.6 Å². The Hall–Kier alpha value is -3.90. The normalized spacial score (nSPS) is 24.5. The van der Waals surface area contributed by atoms with Gasteiger partial charge in [0.25, 0.3) is 0 Å². The Kier molecular flexibility index (Phi) is 9.20. The molecule has 1 aliphatic heterocycles. The van der Waals surface area contributed by atoms with E-state index < -0.39 is 17.8 Å². The molecule has 0 spiro atoms. The Morgan fingerprint density at radius 1 is 0.974 bits per heavy atom. The number of carboxylic acid groups (broad SMARTS) is 2. The molecule has 8 nitrogen and oxygen atoms in total. The number of hydrogen-bond donors (Lipinski definition) is 2. The summed E-state index contributed by atoms with van der Waals surface area (Å²) in [6.07, 6.45) is 6.36. The summed E-state index contributed by atoms with van der Waals surface area (Å²) in [7, 11) is 1.74. The van der Waals surface area contributed by atoms with Crippen LogP contribution in [-0.2, 0) is 9.59 Å². The fraction of sp³-hybridized carbons (Fsp3) is 0.433. The van der Waals surface area contributed by atoms with Gasteiger partial charge in [0.15, 0.2) is 0 Å². The zero-order chi connectivity index (χ0) is 27.9. The Labute approximate surface area is 227 Å². The molecular formula is C30H34FN3O5. The van der Waals surface area contributed by atoms with Crippen LogP contribution < -0.4 is 9.64 Å². The first kappa shape index (κ1) is 28.1. The van der Waals surface area contributed by atoms with Crippen molar-refractivity contribution < 1.29 is 28.9 Å². The number of carboxylic acids is 2. The lowest BCUT2D eigenvalue weighted by atomic mass is 9.93. The maximum absolute atomic E-state index is 14.0. The highest BCUT2D eigenvalue weighted by atomic mass is 19.1. The second-order valence-electron chi connectivity index (χ2n) is 10.4. The molecule has 1 heterocycles. The number of methoxy groups -OCH3 is 1. The first-order valence-corrected chi connectivity index (χ1v) is 13.2. The van der Waals surface area contributed by atoms with Crippen LogP contribution in [0.3, 0.4) is 0 Å². The number of nitriles is 1. The van der Waals surface area contributed by atoms with Crippen LogP contribution in [0.4, 0.5) is 10.1 Å². The Balaban J connectivity index is 0.000000386. The Morgan fingerprint density at radius 2 is 1.62 bits per heavy atom. The van der Waals surface area contributed by atoms with Gasteiger partial charge in [0.1, 0.15) is 17.6 Å². The first-order chi connectivity index (χ1) is 18.8. The molecule has 39 heavy (non-hydrogen) atoms. The predicted molar refractivity (Wildman–Crippen MR) is 144 cm³/mol. The summed E-state index contributed by atoms with van der Waals surface area (Å²) >= 11 is 0. The molecule has 206 valence electrons. The van der Waals surface area contributed by atoms with Crippen molar-refractivity contribution in [2.45, 2.75) is 37.6 Å². The van der Waals surface area contributed by atoms with Crippen LogP contribution >= 0.6 is 0 Å². The molecule has 2 aromatic rings. The summed E-state index contributed by atoms with van der Waals surface area (Å²) in [6, 6.07) is 16.2. The summed E-state index contributed by atoms with van der Waals surface area (Å²) < 4.78 is 19.4. The van der Waals surface area contributed by atoms with E-state index in [0.29, 0.717) is 24.1 Å². The zero-order valence-corrected chi connectivity index (χ0v) is 22.0. The van der Waals surface area contributed by atoms with Gasteiger partial charge in [-0.15, -0.1) is 0 Å². The third kappa shape index (κ3) is 7.15. The second kappa shape index (κ2) is 12.8. The highest BCUT2D eigenvalue weighted by molar-refractivity contribution is 5.89. The number of ether oxygens (including phenoxy) is 1. The molecule has 9 heteroatoms. The molecule has 2 atom stereocenters. The van der Waals surface area contributed by atoms with Crippen molar-refractivity contribution >= 4 is 17.6 Å². The minimum absolute atomic E-state index is 0.118. The van der Waals surface area contributed by atoms with E-state index >= 15 is 0 Å². The molecule has 2 aliphatic carbocycles. The van der Waals surface area contributed by atoms with Gasteiger partial charge < -0.3 is 19.8 Å². The van der Waals surface area contributed by atoms with Crippen molar-refractivity contribution in [1.29, 1.82) is 5.26 Å².